The Morgan fingerprint density at radius 3 is 1.81 bits per heavy atom. The molecule has 0 amide bonds. The lowest BCUT2D eigenvalue weighted by Gasteiger charge is -2.54. The minimum atomic E-state index is -0.353. The fraction of sp³-hybridized carbons (Fsp3) is 0.968. The van der Waals surface area contributed by atoms with Crippen LogP contribution in [-0.2, 0) is 9.53 Å². The molecule has 0 unspecified atom stereocenters. The summed E-state index contributed by atoms with van der Waals surface area (Å²) >= 11 is 0. The Morgan fingerprint density at radius 2 is 1.33 bits per heavy atom. The highest BCUT2D eigenvalue weighted by molar-refractivity contribution is 5.87. The van der Waals surface area contributed by atoms with Gasteiger partial charge < -0.3 is 4.74 Å². The second-order valence-electron chi connectivity index (χ2n) is 14.7. The first kappa shape index (κ1) is 31.7. The van der Waals surface area contributed by atoms with Crippen molar-refractivity contribution >= 4 is 5.78 Å². The van der Waals surface area contributed by atoms with Crippen LogP contribution in [0, 0.1) is 22.7 Å². The molecule has 0 N–H and O–H groups in total. The molecule has 0 saturated carbocycles. The zero-order valence-corrected chi connectivity index (χ0v) is 26.2. The average Bonchev–Trinajstić information content (AvgIpc) is 2.77. The summed E-state index contributed by atoms with van der Waals surface area (Å²) in [7, 11) is 0. The molecule has 0 aromatic rings. The number of carbonyl (C=O) groups excluding carboxylic acids is 1. The van der Waals surface area contributed by atoms with Gasteiger partial charge in [-0.15, -0.1) is 0 Å². The molecule has 0 atom stereocenters. The summed E-state index contributed by atoms with van der Waals surface area (Å²) in [6.45, 7) is 35.8. The van der Waals surface area contributed by atoms with Crippen molar-refractivity contribution in [2.75, 3.05) is 52.4 Å². The van der Waals surface area contributed by atoms with Crippen molar-refractivity contribution in [1.29, 1.82) is 0 Å². The number of Topliss-reactive ketones (excluding diaryl/α,β-unsaturated/α-hetero) is 1. The SMILES string of the molecule is CC(C)OCCN1CCN(C(C)(C)CC(C)(C)C2CCN(C(C)(C)C(C)(C)C(=O)C(C)C)CC2)CC1. The molecule has 2 saturated heterocycles. The molecule has 212 valence electrons. The van der Waals surface area contributed by atoms with Gasteiger partial charge in [-0.3, -0.25) is 19.5 Å². The standard InChI is InChI=1S/C31H61N3O2/c1-24(2)27(35)30(9,10)31(11,12)34-15-13-26(14-16-34)28(5,6)23-29(7,8)33-19-17-32(18-20-33)21-22-36-25(3)4/h24-26H,13-23H2,1-12H3. The van der Waals surface area contributed by atoms with Crippen LogP contribution >= 0.6 is 0 Å². The van der Waals surface area contributed by atoms with Crippen LogP contribution in [0.1, 0.15) is 102 Å². The molecule has 2 rings (SSSR count). The van der Waals surface area contributed by atoms with Gasteiger partial charge in [0.25, 0.3) is 0 Å². The quantitative estimate of drug-likeness (QED) is 0.325. The molecule has 2 aliphatic heterocycles. The molecule has 0 aromatic heterocycles. The molecule has 0 bridgehead atoms. The Hall–Kier alpha value is -0.490. The first-order chi connectivity index (χ1) is 16.4. The minimum absolute atomic E-state index is 0.0771. The molecule has 0 spiro atoms. The Bertz CT molecular complexity index is 695. The molecule has 2 fully saturated rings. The van der Waals surface area contributed by atoms with Gasteiger partial charge in [0.2, 0.25) is 0 Å². The lowest BCUT2D eigenvalue weighted by molar-refractivity contribution is -0.140. The van der Waals surface area contributed by atoms with E-state index in [0.717, 1.165) is 58.3 Å². The molecule has 36 heavy (non-hydrogen) atoms. The molecular weight excluding hydrogens is 446 g/mol. The summed E-state index contributed by atoms with van der Waals surface area (Å²) in [6, 6.07) is 0. The molecular formula is C31H61N3O2. The maximum Gasteiger partial charge on any atom is 0.142 e. The van der Waals surface area contributed by atoms with E-state index in [1.54, 1.807) is 0 Å². The summed E-state index contributed by atoms with van der Waals surface area (Å²) in [6.07, 6.45) is 3.99. The molecule has 5 nitrogen and oxygen atoms in total. The number of hydrogen-bond acceptors (Lipinski definition) is 5. The number of hydrogen-bond donors (Lipinski definition) is 0. The molecule has 2 heterocycles. The van der Waals surface area contributed by atoms with Gasteiger partial charge in [-0.25, -0.2) is 0 Å². The number of nitrogens with zero attached hydrogens (tertiary/aromatic N) is 3. The van der Waals surface area contributed by atoms with Crippen LogP contribution in [0.25, 0.3) is 0 Å². The second-order valence-corrected chi connectivity index (χ2v) is 14.7. The summed E-state index contributed by atoms with van der Waals surface area (Å²) in [4.78, 5) is 20.9. The van der Waals surface area contributed by atoms with E-state index in [9.17, 15) is 4.79 Å². The molecule has 2 aliphatic rings. The largest absolute Gasteiger partial charge is 0.377 e. The van der Waals surface area contributed by atoms with Crippen molar-refractivity contribution in [3.05, 3.63) is 0 Å². The van der Waals surface area contributed by atoms with E-state index in [-0.39, 0.29) is 22.4 Å². The van der Waals surface area contributed by atoms with Crippen molar-refractivity contribution in [2.45, 2.75) is 120 Å². The number of ether oxygens (including phenoxy) is 1. The van der Waals surface area contributed by atoms with E-state index in [1.165, 1.54) is 19.3 Å². The topological polar surface area (TPSA) is 36.0 Å². The van der Waals surface area contributed by atoms with Crippen LogP contribution < -0.4 is 0 Å². The van der Waals surface area contributed by atoms with Gasteiger partial charge in [-0.1, -0.05) is 41.5 Å². The van der Waals surface area contributed by atoms with Crippen LogP contribution in [-0.4, -0.2) is 90.1 Å². The minimum Gasteiger partial charge on any atom is -0.377 e. The molecule has 5 heteroatoms. The summed E-state index contributed by atoms with van der Waals surface area (Å²) < 4.78 is 5.77. The Labute approximate surface area is 224 Å². The van der Waals surface area contributed by atoms with Gasteiger partial charge in [0.15, 0.2) is 0 Å². The van der Waals surface area contributed by atoms with E-state index in [0.29, 0.717) is 17.3 Å². The smallest absolute Gasteiger partial charge is 0.142 e. The lowest BCUT2D eigenvalue weighted by atomic mass is 9.65. The van der Waals surface area contributed by atoms with Gasteiger partial charge in [-0.05, 0) is 85.2 Å². The molecule has 0 aliphatic carbocycles. The van der Waals surface area contributed by atoms with E-state index in [2.05, 4.69) is 83.9 Å². The van der Waals surface area contributed by atoms with Crippen LogP contribution in [0.5, 0.6) is 0 Å². The van der Waals surface area contributed by atoms with Crippen molar-refractivity contribution in [2.24, 2.45) is 22.7 Å². The van der Waals surface area contributed by atoms with Crippen LogP contribution in [0.3, 0.4) is 0 Å². The third-order valence-corrected chi connectivity index (χ3v) is 10.0. The highest BCUT2D eigenvalue weighted by atomic mass is 16.5. The van der Waals surface area contributed by atoms with Gasteiger partial charge in [0.05, 0.1) is 12.7 Å². The fourth-order valence-corrected chi connectivity index (χ4v) is 7.00. The zero-order valence-electron chi connectivity index (χ0n) is 26.2. The summed E-state index contributed by atoms with van der Waals surface area (Å²) in [5.41, 5.74) is 0.00847. The van der Waals surface area contributed by atoms with E-state index in [4.69, 9.17) is 4.74 Å². The van der Waals surface area contributed by atoms with E-state index >= 15 is 0 Å². The van der Waals surface area contributed by atoms with Gasteiger partial charge >= 0.3 is 0 Å². The van der Waals surface area contributed by atoms with Crippen molar-refractivity contribution in [3.63, 3.8) is 0 Å². The number of ketones is 1. The zero-order chi connectivity index (χ0) is 27.5. The number of rotatable bonds is 12. The van der Waals surface area contributed by atoms with Crippen molar-refractivity contribution < 1.29 is 9.53 Å². The highest BCUT2D eigenvalue weighted by Gasteiger charge is 2.49. The monoisotopic (exact) mass is 507 g/mol. The van der Waals surface area contributed by atoms with Gasteiger partial charge in [-0.2, -0.15) is 0 Å². The molecule has 0 radical (unpaired) electrons. The van der Waals surface area contributed by atoms with E-state index < -0.39 is 0 Å². The Kier molecular flexibility index (Phi) is 10.7. The number of piperidine rings is 1. The Balaban J connectivity index is 1.92. The van der Waals surface area contributed by atoms with Crippen molar-refractivity contribution in [3.8, 4) is 0 Å². The van der Waals surface area contributed by atoms with Gasteiger partial charge in [0.1, 0.15) is 5.78 Å². The lowest BCUT2D eigenvalue weighted by Crippen LogP contribution is -2.60. The van der Waals surface area contributed by atoms with E-state index in [1.807, 2.05) is 13.8 Å². The average molecular weight is 508 g/mol. The summed E-state index contributed by atoms with van der Waals surface area (Å²) in [5, 5.41) is 0. The molecule has 0 aromatic carbocycles. The summed E-state index contributed by atoms with van der Waals surface area (Å²) in [5.74, 6) is 1.18. The highest BCUT2D eigenvalue weighted by Crippen LogP contribution is 2.46. The second kappa shape index (κ2) is 12.1. The normalized spacial score (nSPS) is 21.1. The number of piperazine rings is 1. The van der Waals surface area contributed by atoms with Crippen LogP contribution in [0.15, 0.2) is 0 Å². The maximum absolute atomic E-state index is 13.0. The number of likely N-dealkylation sites (tertiary alicyclic amines) is 1. The fourth-order valence-electron chi connectivity index (χ4n) is 7.00. The first-order valence-corrected chi connectivity index (χ1v) is 14.8. The predicted octanol–water partition coefficient (Wildman–Crippen LogP) is 5.97. The number of carbonyl (C=O) groups is 1. The predicted molar refractivity (Wildman–Crippen MR) is 154 cm³/mol. The third-order valence-electron chi connectivity index (χ3n) is 10.0. The maximum atomic E-state index is 13.0. The first-order valence-electron chi connectivity index (χ1n) is 14.8. The third kappa shape index (κ3) is 7.55. The Morgan fingerprint density at radius 1 is 0.806 bits per heavy atom. The van der Waals surface area contributed by atoms with Crippen molar-refractivity contribution in [1.82, 2.24) is 14.7 Å². The van der Waals surface area contributed by atoms with Crippen LogP contribution in [0.4, 0.5) is 0 Å². The van der Waals surface area contributed by atoms with Crippen LogP contribution in [0.2, 0.25) is 0 Å². The van der Waals surface area contributed by atoms with Gasteiger partial charge in [0, 0.05) is 55.1 Å².